The predicted octanol–water partition coefficient (Wildman–Crippen LogP) is -0.823. The summed E-state index contributed by atoms with van der Waals surface area (Å²) in [5.74, 6) is 0.0831. The minimum atomic E-state index is -3.36. The maximum Gasteiger partial charge on any atom is 0.235 e. The Morgan fingerprint density at radius 3 is 2.77 bits per heavy atom. The monoisotopic (exact) mass is 202 g/mol. The molecule has 7 heteroatoms. The van der Waals surface area contributed by atoms with Crippen LogP contribution in [-0.4, -0.2) is 30.7 Å². The molecule has 0 amide bonds. The summed E-state index contributed by atoms with van der Waals surface area (Å²) >= 11 is 0. The Morgan fingerprint density at radius 1 is 1.46 bits per heavy atom. The molecular weight excluding hydrogens is 192 g/mol. The molecule has 0 fully saturated rings. The predicted molar refractivity (Wildman–Crippen MR) is 48.5 cm³/mol. The van der Waals surface area contributed by atoms with Crippen molar-refractivity contribution in [1.82, 2.24) is 9.97 Å². The quantitative estimate of drug-likeness (QED) is 0.664. The highest BCUT2D eigenvalue weighted by molar-refractivity contribution is 7.92. The molecule has 13 heavy (non-hydrogen) atoms. The lowest BCUT2D eigenvalue weighted by molar-refractivity contribution is 0.601. The molecule has 0 radical (unpaired) electrons. The molecule has 0 spiro atoms. The zero-order valence-electron chi connectivity index (χ0n) is 6.84. The van der Waals surface area contributed by atoms with E-state index in [1.54, 1.807) is 0 Å². The fourth-order valence-corrected chi connectivity index (χ4v) is 1.55. The van der Waals surface area contributed by atoms with Crippen LogP contribution in [0.2, 0.25) is 0 Å². The number of nitrogens with two attached hydrogens (primary N) is 1. The van der Waals surface area contributed by atoms with Crippen LogP contribution in [0.15, 0.2) is 18.6 Å². The molecular formula is C6H10N4O2S. The molecule has 0 saturated heterocycles. The molecule has 0 aliphatic rings. The highest BCUT2D eigenvalue weighted by atomic mass is 32.2. The van der Waals surface area contributed by atoms with Crippen LogP contribution in [-0.2, 0) is 10.0 Å². The summed E-state index contributed by atoms with van der Waals surface area (Å²) in [7, 11) is -3.36. The van der Waals surface area contributed by atoms with Crippen molar-refractivity contribution in [1.29, 1.82) is 0 Å². The number of nitrogens with one attached hydrogen (secondary N) is 1. The molecule has 1 heterocycles. The number of aromatic nitrogens is 2. The fraction of sp³-hybridized carbons (Fsp3) is 0.333. The zero-order valence-corrected chi connectivity index (χ0v) is 7.66. The summed E-state index contributed by atoms with van der Waals surface area (Å²) < 4.78 is 24.5. The number of anilines is 1. The molecule has 0 aromatic carbocycles. The number of sulfonamides is 1. The van der Waals surface area contributed by atoms with Gasteiger partial charge in [0.2, 0.25) is 10.0 Å². The van der Waals surface area contributed by atoms with Crippen LogP contribution in [0.25, 0.3) is 0 Å². The maximum atomic E-state index is 11.1. The molecule has 72 valence electrons. The number of hydrogen-bond donors (Lipinski definition) is 2. The summed E-state index contributed by atoms with van der Waals surface area (Å²) in [6.45, 7) is 0.0790. The molecule has 0 aliphatic heterocycles. The summed E-state index contributed by atoms with van der Waals surface area (Å²) in [6.07, 6.45) is 4.19. The molecule has 1 rings (SSSR count). The first-order chi connectivity index (χ1) is 6.14. The molecule has 0 atom stereocenters. The SMILES string of the molecule is NCCS(=O)(=O)Nc1cnccn1. The van der Waals surface area contributed by atoms with Crippen LogP contribution in [0.4, 0.5) is 5.82 Å². The first-order valence-corrected chi connectivity index (χ1v) is 5.26. The van der Waals surface area contributed by atoms with Crippen LogP contribution in [0.3, 0.4) is 0 Å². The molecule has 0 bridgehead atoms. The standard InChI is InChI=1S/C6H10N4O2S/c7-1-4-13(11,12)10-6-5-8-2-3-9-6/h2-3,5H,1,4,7H2,(H,9,10). The van der Waals surface area contributed by atoms with Gasteiger partial charge in [0.15, 0.2) is 5.82 Å². The average molecular weight is 202 g/mol. The molecule has 1 aromatic heterocycles. The van der Waals surface area contributed by atoms with Gasteiger partial charge in [-0.1, -0.05) is 0 Å². The normalized spacial score (nSPS) is 11.2. The third kappa shape index (κ3) is 3.34. The second-order valence-electron chi connectivity index (χ2n) is 2.30. The van der Waals surface area contributed by atoms with Crippen LogP contribution in [0, 0.1) is 0 Å². The van der Waals surface area contributed by atoms with Crippen molar-refractivity contribution in [3.8, 4) is 0 Å². The molecule has 6 nitrogen and oxygen atoms in total. The summed E-state index contributed by atoms with van der Waals surface area (Å²) in [5.41, 5.74) is 5.11. The van der Waals surface area contributed by atoms with Gasteiger partial charge < -0.3 is 5.73 Å². The van der Waals surface area contributed by atoms with Gasteiger partial charge in [-0.15, -0.1) is 0 Å². The first kappa shape index (κ1) is 9.87. The molecule has 3 N–H and O–H groups in total. The van der Waals surface area contributed by atoms with Crippen molar-refractivity contribution in [2.24, 2.45) is 5.73 Å². The van der Waals surface area contributed by atoms with Gasteiger partial charge in [0.05, 0.1) is 11.9 Å². The van der Waals surface area contributed by atoms with E-state index in [1.807, 2.05) is 0 Å². The van der Waals surface area contributed by atoms with E-state index in [-0.39, 0.29) is 18.1 Å². The molecule has 1 aromatic rings. The third-order valence-corrected chi connectivity index (χ3v) is 2.50. The van der Waals surface area contributed by atoms with Crippen LogP contribution in [0.5, 0.6) is 0 Å². The van der Waals surface area contributed by atoms with E-state index in [1.165, 1.54) is 18.6 Å². The largest absolute Gasteiger partial charge is 0.329 e. The Balaban J connectivity index is 2.70. The summed E-state index contributed by atoms with van der Waals surface area (Å²) in [5, 5.41) is 0. The van der Waals surface area contributed by atoms with E-state index < -0.39 is 10.0 Å². The van der Waals surface area contributed by atoms with Gasteiger partial charge in [-0.3, -0.25) is 9.71 Å². The van der Waals surface area contributed by atoms with Gasteiger partial charge in [0.25, 0.3) is 0 Å². The number of hydrogen-bond acceptors (Lipinski definition) is 5. The van der Waals surface area contributed by atoms with E-state index in [4.69, 9.17) is 5.73 Å². The minimum Gasteiger partial charge on any atom is -0.329 e. The van der Waals surface area contributed by atoms with Gasteiger partial charge in [-0.2, -0.15) is 0 Å². The third-order valence-electron chi connectivity index (χ3n) is 1.21. The van der Waals surface area contributed by atoms with Crippen molar-refractivity contribution in [3.63, 3.8) is 0 Å². The summed E-state index contributed by atoms with van der Waals surface area (Å²) in [6, 6.07) is 0. The molecule has 0 unspecified atom stereocenters. The number of rotatable bonds is 4. The van der Waals surface area contributed by atoms with Gasteiger partial charge in [-0.05, 0) is 0 Å². The maximum absolute atomic E-state index is 11.1. The van der Waals surface area contributed by atoms with Crippen LogP contribution >= 0.6 is 0 Å². The smallest absolute Gasteiger partial charge is 0.235 e. The van der Waals surface area contributed by atoms with Crippen LogP contribution < -0.4 is 10.5 Å². The molecule has 0 saturated carbocycles. The lowest BCUT2D eigenvalue weighted by atomic mass is 10.7. The lowest BCUT2D eigenvalue weighted by Crippen LogP contribution is -2.22. The topological polar surface area (TPSA) is 98.0 Å². The Kier molecular flexibility index (Phi) is 3.15. The van der Waals surface area contributed by atoms with Crippen molar-refractivity contribution in [2.75, 3.05) is 17.0 Å². The minimum absolute atomic E-state index is 0.0790. The second kappa shape index (κ2) is 4.15. The van der Waals surface area contributed by atoms with Crippen molar-refractivity contribution in [2.45, 2.75) is 0 Å². The Morgan fingerprint density at radius 2 is 2.23 bits per heavy atom. The lowest BCUT2D eigenvalue weighted by Gasteiger charge is -2.03. The van der Waals surface area contributed by atoms with Gasteiger partial charge in [-0.25, -0.2) is 13.4 Å². The van der Waals surface area contributed by atoms with Crippen molar-refractivity contribution in [3.05, 3.63) is 18.6 Å². The number of nitrogens with zero attached hydrogens (tertiary/aromatic N) is 2. The van der Waals surface area contributed by atoms with Crippen LogP contribution in [0.1, 0.15) is 0 Å². The van der Waals surface area contributed by atoms with E-state index in [9.17, 15) is 8.42 Å². The van der Waals surface area contributed by atoms with E-state index in [2.05, 4.69) is 14.7 Å². The van der Waals surface area contributed by atoms with E-state index in [0.717, 1.165) is 0 Å². The van der Waals surface area contributed by atoms with Gasteiger partial charge >= 0.3 is 0 Å². The second-order valence-corrected chi connectivity index (χ2v) is 4.14. The highest BCUT2D eigenvalue weighted by Gasteiger charge is 2.08. The van der Waals surface area contributed by atoms with E-state index >= 15 is 0 Å². The Labute approximate surface area is 76.3 Å². The van der Waals surface area contributed by atoms with E-state index in [0.29, 0.717) is 0 Å². The van der Waals surface area contributed by atoms with Crippen molar-refractivity contribution < 1.29 is 8.42 Å². The van der Waals surface area contributed by atoms with Crippen molar-refractivity contribution >= 4 is 15.8 Å². The molecule has 0 aliphatic carbocycles. The fourth-order valence-electron chi connectivity index (χ4n) is 0.717. The Hall–Kier alpha value is -1.21. The first-order valence-electron chi connectivity index (χ1n) is 3.60. The van der Waals surface area contributed by atoms with Gasteiger partial charge in [0, 0.05) is 18.9 Å². The summed E-state index contributed by atoms with van der Waals surface area (Å²) in [4.78, 5) is 7.46. The zero-order chi connectivity index (χ0) is 9.73. The average Bonchev–Trinajstić information content (AvgIpc) is 2.04. The van der Waals surface area contributed by atoms with Gasteiger partial charge in [0.1, 0.15) is 0 Å². The Bertz CT molecular complexity index is 350. The highest BCUT2D eigenvalue weighted by Crippen LogP contribution is 2.00.